The van der Waals surface area contributed by atoms with E-state index >= 15 is 0 Å². The molecule has 6 heteroatoms. The van der Waals surface area contributed by atoms with Gasteiger partial charge < -0.3 is 14.6 Å². The molecule has 0 spiro atoms. The standard InChI is InChI=1S/C20H27N3O2S/c1-14-15(2)23(11-12-25-3)20(21-14)26-13-19(24)22-18-10-6-8-16-7-4-5-9-17(16)18/h4-5,7,9,18H,6,8,10-13H2,1-3H3,(H,22,24)/t18-/m0/s1. The second-order valence-corrected chi connectivity index (χ2v) is 7.65. The molecular weight excluding hydrogens is 346 g/mol. The molecule has 0 saturated heterocycles. The van der Waals surface area contributed by atoms with Crippen LogP contribution in [0.5, 0.6) is 0 Å². The number of aromatic nitrogens is 2. The summed E-state index contributed by atoms with van der Waals surface area (Å²) in [5.41, 5.74) is 4.76. The molecule has 1 aliphatic carbocycles. The number of hydrogen-bond donors (Lipinski definition) is 1. The molecule has 1 amide bonds. The zero-order chi connectivity index (χ0) is 18.5. The topological polar surface area (TPSA) is 56.1 Å². The second-order valence-electron chi connectivity index (χ2n) is 6.71. The summed E-state index contributed by atoms with van der Waals surface area (Å²) in [5.74, 6) is 0.440. The van der Waals surface area contributed by atoms with Gasteiger partial charge in [0.15, 0.2) is 5.16 Å². The molecule has 0 saturated carbocycles. The molecular formula is C20H27N3O2S. The van der Waals surface area contributed by atoms with Gasteiger partial charge >= 0.3 is 0 Å². The van der Waals surface area contributed by atoms with Gasteiger partial charge in [-0.05, 0) is 44.2 Å². The fourth-order valence-corrected chi connectivity index (χ4v) is 4.38. The Hall–Kier alpha value is -1.79. The smallest absolute Gasteiger partial charge is 0.230 e. The van der Waals surface area contributed by atoms with Crippen molar-refractivity contribution < 1.29 is 9.53 Å². The number of amides is 1. The van der Waals surface area contributed by atoms with Crippen molar-refractivity contribution in [2.45, 2.75) is 50.9 Å². The molecule has 0 fully saturated rings. The lowest BCUT2D eigenvalue weighted by Gasteiger charge is -2.26. The van der Waals surface area contributed by atoms with Crippen LogP contribution in [-0.2, 0) is 22.5 Å². The lowest BCUT2D eigenvalue weighted by molar-refractivity contribution is -0.119. The zero-order valence-corrected chi connectivity index (χ0v) is 16.6. The van der Waals surface area contributed by atoms with Crippen LogP contribution in [0.25, 0.3) is 0 Å². The number of rotatable bonds is 7. The van der Waals surface area contributed by atoms with E-state index < -0.39 is 0 Å². The fourth-order valence-electron chi connectivity index (χ4n) is 3.45. The minimum atomic E-state index is 0.0632. The van der Waals surface area contributed by atoms with Crippen molar-refractivity contribution in [1.29, 1.82) is 0 Å². The van der Waals surface area contributed by atoms with Gasteiger partial charge in [0.2, 0.25) is 5.91 Å². The average Bonchev–Trinajstić information content (AvgIpc) is 2.92. The maximum absolute atomic E-state index is 12.5. The Balaban J connectivity index is 1.61. The SMILES string of the molecule is COCCn1c(SCC(=O)N[C@H]2CCCc3ccccc32)nc(C)c1C. The molecule has 1 heterocycles. The maximum Gasteiger partial charge on any atom is 0.230 e. The van der Waals surface area contributed by atoms with Crippen LogP contribution in [0, 0.1) is 13.8 Å². The van der Waals surface area contributed by atoms with Crippen LogP contribution in [-0.4, -0.2) is 34.9 Å². The largest absolute Gasteiger partial charge is 0.383 e. The number of aryl methyl sites for hydroxylation is 2. The summed E-state index contributed by atoms with van der Waals surface area (Å²) in [6, 6.07) is 8.56. The number of carbonyl (C=O) groups excluding carboxylic acids is 1. The summed E-state index contributed by atoms with van der Waals surface area (Å²) in [4.78, 5) is 17.1. The van der Waals surface area contributed by atoms with Gasteiger partial charge in [0.1, 0.15) is 0 Å². The molecule has 0 unspecified atom stereocenters. The van der Waals surface area contributed by atoms with Crippen LogP contribution >= 0.6 is 11.8 Å². The van der Waals surface area contributed by atoms with Crippen molar-refractivity contribution in [2.75, 3.05) is 19.5 Å². The van der Waals surface area contributed by atoms with Crippen molar-refractivity contribution in [3.05, 3.63) is 46.8 Å². The molecule has 1 aromatic heterocycles. The van der Waals surface area contributed by atoms with E-state index in [1.54, 1.807) is 7.11 Å². The molecule has 0 radical (unpaired) electrons. The van der Waals surface area contributed by atoms with E-state index in [1.165, 1.54) is 22.9 Å². The lowest BCUT2D eigenvalue weighted by Crippen LogP contribution is -2.32. The van der Waals surface area contributed by atoms with Crippen molar-refractivity contribution in [3.8, 4) is 0 Å². The number of ether oxygens (including phenoxy) is 1. The number of nitrogens with zero attached hydrogens (tertiary/aromatic N) is 2. The number of thioether (sulfide) groups is 1. The summed E-state index contributed by atoms with van der Waals surface area (Å²) in [5, 5.41) is 4.09. The predicted octanol–water partition coefficient (Wildman–Crippen LogP) is 3.43. The number of methoxy groups -OCH3 is 1. The zero-order valence-electron chi connectivity index (χ0n) is 15.7. The van der Waals surface area contributed by atoms with Crippen molar-refractivity contribution in [1.82, 2.24) is 14.9 Å². The van der Waals surface area contributed by atoms with Crippen molar-refractivity contribution in [2.24, 2.45) is 0 Å². The third kappa shape index (κ3) is 4.30. The van der Waals surface area contributed by atoms with Gasteiger partial charge in [0, 0.05) is 19.3 Å². The Kier molecular flexibility index (Phi) is 6.38. The van der Waals surface area contributed by atoms with Crippen LogP contribution in [0.1, 0.15) is 41.4 Å². The van der Waals surface area contributed by atoms with Crippen LogP contribution in [0.15, 0.2) is 29.4 Å². The molecule has 1 aromatic carbocycles. The number of imidazole rings is 1. The molecule has 5 nitrogen and oxygen atoms in total. The van der Waals surface area contributed by atoms with Crippen LogP contribution in [0.2, 0.25) is 0 Å². The average molecular weight is 374 g/mol. The first-order chi connectivity index (χ1) is 12.6. The molecule has 0 aliphatic heterocycles. The predicted molar refractivity (Wildman–Crippen MR) is 105 cm³/mol. The van der Waals surface area contributed by atoms with Gasteiger partial charge in [0.05, 0.1) is 24.1 Å². The maximum atomic E-state index is 12.5. The number of carbonyl (C=O) groups is 1. The number of fused-ring (bicyclic) bond motifs is 1. The van der Waals surface area contributed by atoms with Crippen LogP contribution in [0.3, 0.4) is 0 Å². The normalized spacial score (nSPS) is 16.3. The summed E-state index contributed by atoms with van der Waals surface area (Å²) in [6.45, 7) is 5.45. The number of hydrogen-bond acceptors (Lipinski definition) is 4. The highest BCUT2D eigenvalue weighted by molar-refractivity contribution is 7.99. The molecule has 1 aliphatic rings. The van der Waals surface area contributed by atoms with Gasteiger partial charge in [0.25, 0.3) is 0 Å². The van der Waals surface area contributed by atoms with E-state index in [0.717, 1.165) is 42.4 Å². The lowest BCUT2D eigenvalue weighted by atomic mass is 9.88. The first-order valence-corrected chi connectivity index (χ1v) is 10.1. The Labute approximate surface area is 159 Å². The molecule has 0 bridgehead atoms. The number of nitrogens with one attached hydrogen (secondary N) is 1. The third-order valence-electron chi connectivity index (χ3n) is 4.98. The summed E-state index contributed by atoms with van der Waals surface area (Å²) >= 11 is 1.49. The van der Waals surface area contributed by atoms with Gasteiger partial charge in [-0.2, -0.15) is 0 Å². The molecule has 1 N–H and O–H groups in total. The monoisotopic (exact) mass is 373 g/mol. The van der Waals surface area contributed by atoms with Gasteiger partial charge in [-0.1, -0.05) is 36.0 Å². The van der Waals surface area contributed by atoms with E-state index in [1.807, 2.05) is 6.92 Å². The van der Waals surface area contributed by atoms with Crippen LogP contribution < -0.4 is 5.32 Å². The molecule has 3 rings (SSSR count). The van der Waals surface area contributed by atoms with Crippen LogP contribution in [0.4, 0.5) is 0 Å². The summed E-state index contributed by atoms with van der Waals surface area (Å²) < 4.78 is 7.32. The Bertz CT molecular complexity index is 772. The van der Waals surface area contributed by atoms with Crippen molar-refractivity contribution in [3.63, 3.8) is 0 Å². The first-order valence-electron chi connectivity index (χ1n) is 9.12. The van der Waals surface area contributed by atoms with E-state index in [4.69, 9.17) is 4.74 Å². The minimum absolute atomic E-state index is 0.0632. The first kappa shape index (κ1) is 19.0. The number of benzene rings is 1. The van der Waals surface area contributed by atoms with E-state index in [0.29, 0.717) is 12.4 Å². The Morgan fingerprint density at radius 2 is 2.19 bits per heavy atom. The summed E-state index contributed by atoms with van der Waals surface area (Å²) in [7, 11) is 1.70. The van der Waals surface area contributed by atoms with Gasteiger partial charge in [-0.15, -0.1) is 0 Å². The highest BCUT2D eigenvalue weighted by Gasteiger charge is 2.22. The fraction of sp³-hybridized carbons (Fsp3) is 0.500. The van der Waals surface area contributed by atoms with Crippen molar-refractivity contribution >= 4 is 17.7 Å². The van der Waals surface area contributed by atoms with Gasteiger partial charge in [-0.3, -0.25) is 4.79 Å². The Morgan fingerprint density at radius 1 is 1.38 bits per heavy atom. The molecule has 1 atom stereocenters. The van der Waals surface area contributed by atoms with E-state index in [-0.39, 0.29) is 11.9 Å². The molecule has 140 valence electrons. The highest BCUT2D eigenvalue weighted by atomic mass is 32.2. The third-order valence-corrected chi connectivity index (χ3v) is 5.96. The molecule has 2 aromatic rings. The highest BCUT2D eigenvalue weighted by Crippen LogP contribution is 2.29. The minimum Gasteiger partial charge on any atom is -0.383 e. The summed E-state index contributed by atoms with van der Waals surface area (Å²) in [6.07, 6.45) is 3.23. The Morgan fingerprint density at radius 3 is 3.00 bits per heavy atom. The quantitative estimate of drug-likeness (QED) is 0.756. The van der Waals surface area contributed by atoms with E-state index in [9.17, 15) is 4.79 Å². The second kappa shape index (κ2) is 8.73. The van der Waals surface area contributed by atoms with Gasteiger partial charge in [-0.25, -0.2) is 4.98 Å². The van der Waals surface area contributed by atoms with E-state index in [2.05, 4.69) is 46.1 Å². The molecule has 26 heavy (non-hydrogen) atoms.